The van der Waals surface area contributed by atoms with Crippen molar-refractivity contribution in [3.8, 4) is 0 Å². The number of amides is 2. The van der Waals surface area contributed by atoms with E-state index < -0.39 is 53.6 Å². The van der Waals surface area contributed by atoms with E-state index in [-0.39, 0.29) is 44.6 Å². The van der Waals surface area contributed by atoms with Crippen molar-refractivity contribution in [2.24, 2.45) is 0 Å². The summed E-state index contributed by atoms with van der Waals surface area (Å²) in [6.07, 6.45) is -8.98. The Labute approximate surface area is 227 Å². The standard InChI is InChI=1S/C24H18Cl3F7N2O2/c1-11-6-12(18(28)9-15(24(32,33)34)13-7-16(25)19(27)17(26)8-13)2-3-14(11)20(37)36-22(4-5-22)21(38)35-10-23(29,30)31/h2-3,6-9,15H,4-5,10H2,1H3,(H,35,38)(H,36,37)/b18-9-. The normalized spacial score (nSPS) is 16.1. The smallest absolute Gasteiger partial charge is 0.345 e. The Morgan fingerprint density at radius 3 is 2.08 bits per heavy atom. The van der Waals surface area contributed by atoms with E-state index in [1.807, 2.05) is 0 Å². The van der Waals surface area contributed by atoms with Gasteiger partial charge in [-0.25, -0.2) is 4.39 Å². The van der Waals surface area contributed by atoms with E-state index in [0.29, 0.717) is 6.08 Å². The third-order valence-corrected chi connectivity index (χ3v) is 6.96. The molecule has 38 heavy (non-hydrogen) atoms. The Balaban J connectivity index is 1.82. The molecule has 0 radical (unpaired) electrons. The molecule has 206 valence electrons. The van der Waals surface area contributed by atoms with Crippen LogP contribution in [0.2, 0.25) is 15.1 Å². The van der Waals surface area contributed by atoms with Gasteiger partial charge in [-0.3, -0.25) is 9.59 Å². The Bertz CT molecular complexity index is 1270. The molecule has 1 unspecified atom stereocenters. The van der Waals surface area contributed by atoms with Crippen LogP contribution in [0.3, 0.4) is 0 Å². The summed E-state index contributed by atoms with van der Waals surface area (Å²) < 4.78 is 93.4. The number of rotatable bonds is 7. The van der Waals surface area contributed by atoms with Gasteiger partial charge in [0.1, 0.15) is 23.8 Å². The third kappa shape index (κ3) is 7.12. The highest BCUT2D eigenvalue weighted by atomic mass is 35.5. The van der Waals surface area contributed by atoms with Crippen LogP contribution in [0.1, 0.15) is 45.8 Å². The van der Waals surface area contributed by atoms with Crippen molar-refractivity contribution in [1.29, 1.82) is 0 Å². The molecule has 1 aliphatic rings. The van der Waals surface area contributed by atoms with Crippen LogP contribution in [0, 0.1) is 6.92 Å². The van der Waals surface area contributed by atoms with E-state index in [4.69, 9.17) is 34.8 Å². The number of aryl methyl sites for hydroxylation is 1. The molecular weight excluding hydrogens is 588 g/mol. The van der Waals surface area contributed by atoms with Crippen LogP contribution in [0.25, 0.3) is 5.83 Å². The molecule has 4 nitrogen and oxygen atoms in total. The molecule has 3 rings (SSSR count). The molecule has 0 aromatic heterocycles. The van der Waals surface area contributed by atoms with Crippen molar-refractivity contribution in [3.63, 3.8) is 0 Å². The summed E-state index contributed by atoms with van der Waals surface area (Å²) in [5, 5.41) is 3.46. The maximum Gasteiger partial charge on any atom is 0.405 e. The lowest BCUT2D eigenvalue weighted by atomic mass is 9.95. The number of hydrogen-bond acceptors (Lipinski definition) is 2. The number of allylic oxidation sites excluding steroid dienone is 1. The Morgan fingerprint density at radius 2 is 1.61 bits per heavy atom. The van der Waals surface area contributed by atoms with Crippen LogP contribution in [0.15, 0.2) is 36.4 Å². The zero-order valence-electron chi connectivity index (χ0n) is 19.3. The second kappa shape index (κ2) is 10.9. The molecule has 14 heteroatoms. The van der Waals surface area contributed by atoms with Gasteiger partial charge in [-0.2, -0.15) is 26.3 Å². The van der Waals surface area contributed by atoms with Gasteiger partial charge in [0.15, 0.2) is 0 Å². The number of carbonyl (C=O) groups is 2. The van der Waals surface area contributed by atoms with Crippen LogP contribution >= 0.6 is 34.8 Å². The summed E-state index contributed by atoms with van der Waals surface area (Å²) in [4.78, 5) is 24.8. The summed E-state index contributed by atoms with van der Waals surface area (Å²) in [5.41, 5.74) is -2.11. The highest BCUT2D eigenvalue weighted by Gasteiger charge is 2.52. The summed E-state index contributed by atoms with van der Waals surface area (Å²) in [6.45, 7) is -0.175. The zero-order chi connectivity index (χ0) is 28.6. The van der Waals surface area contributed by atoms with E-state index in [1.54, 1.807) is 5.32 Å². The Hall–Kier alpha value is -2.50. The van der Waals surface area contributed by atoms with Gasteiger partial charge >= 0.3 is 12.4 Å². The summed E-state index contributed by atoms with van der Waals surface area (Å²) in [6, 6.07) is 5.17. The van der Waals surface area contributed by atoms with Crippen LogP contribution in [0.5, 0.6) is 0 Å². The molecule has 1 saturated carbocycles. The second-order valence-corrected chi connectivity index (χ2v) is 9.89. The zero-order valence-corrected chi connectivity index (χ0v) is 21.5. The fourth-order valence-corrected chi connectivity index (χ4v) is 4.23. The summed E-state index contributed by atoms with van der Waals surface area (Å²) >= 11 is 17.4. The highest BCUT2D eigenvalue weighted by molar-refractivity contribution is 6.48. The first-order valence-electron chi connectivity index (χ1n) is 10.8. The van der Waals surface area contributed by atoms with Crippen molar-refractivity contribution in [2.45, 2.75) is 43.6 Å². The predicted molar refractivity (Wildman–Crippen MR) is 129 cm³/mol. The minimum atomic E-state index is -4.92. The van der Waals surface area contributed by atoms with Crippen LogP contribution < -0.4 is 10.6 Å². The lowest BCUT2D eigenvalue weighted by molar-refractivity contribution is -0.140. The van der Waals surface area contributed by atoms with E-state index >= 15 is 0 Å². The molecule has 0 heterocycles. The fourth-order valence-electron chi connectivity index (χ4n) is 3.61. The van der Waals surface area contributed by atoms with E-state index in [2.05, 4.69) is 5.32 Å². The highest BCUT2D eigenvalue weighted by Crippen LogP contribution is 2.42. The molecule has 0 spiro atoms. The monoisotopic (exact) mass is 604 g/mol. The molecule has 0 saturated heterocycles. The number of hydrogen-bond donors (Lipinski definition) is 2. The lowest BCUT2D eigenvalue weighted by Gasteiger charge is -2.19. The SMILES string of the molecule is Cc1cc(/C(F)=C/C(c2cc(Cl)c(Cl)c(Cl)c2)C(F)(F)F)ccc1C(=O)NC1(C(=O)NCC(F)(F)F)CC1. The van der Waals surface area contributed by atoms with Gasteiger partial charge in [-0.1, -0.05) is 40.9 Å². The quantitative estimate of drug-likeness (QED) is 0.253. The number of alkyl halides is 6. The van der Waals surface area contributed by atoms with Gasteiger partial charge < -0.3 is 10.6 Å². The summed E-state index contributed by atoms with van der Waals surface area (Å²) in [7, 11) is 0. The maximum atomic E-state index is 15.0. The third-order valence-electron chi connectivity index (χ3n) is 5.76. The predicted octanol–water partition coefficient (Wildman–Crippen LogP) is 7.55. The molecule has 0 bridgehead atoms. The molecule has 1 aliphatic carbocycles. The van der Waals surface area contributed by atoms with Gasteiger partial charge in [-0.05, 0) is 61.2 Å². The average Bonchev–Trinajstić information content (AvgIpc) is 3.58. The van der Waals surface area contributed by atoms with Crippen molar-refractivity contribution >= 4 is 52.4 Å². The largest absolute Gasteiger partial charge is 0.405 e. The Kier molecular flexibility index (Phi) is 8.65. The molecule has 2 N–H and O–H groups in total. The Morgan fingerprint density at radius 1 is 1.03 bits per heavy atom. The van der Waals surface area contributed by atoms with Crippen molar-refractivity contribution < 1.29 is 40.3 Å². The van der Waals surface area contributed by atoms with Crippen molar-refractivity contribution in [2.75, 3.05) is 6.54 Å². The molecule has 0 aliphatic heterocycles. The fraction of sp³-hybridized carbons (Fsp3) is 0.333. The topological polar surface area (TPSA) is 58.2 Å². The van der Waals surface area contributed by atoms with Crippen LogP contribution in [0.4, 0.5) is 30.7 Å². The molecule has 2 amide bonds. The second-order valence-electron chi connectivity index (χ2n) is 8.70. The molecule has 2 aromatic carbocycles. The van der Waals surface area contributed by atoms with Crippen molar-refractivity contribution in [1.82, 2.24) is 10.6 Å². The van der Waals surface area contributed by atoms with Gasteiger partial charge in [0, 0.05) is 11.1 Å². The lowest BCUT2D eigenvalue weighted by Crippen LogP contribution is -2.50. The molecule has 2 aromatic rings. The van der Waals surface area contributed by atoms with Gasteiger partial charge in [0.05, 0.1) is 15.1 Å². The average molecular weight is 606 g/mol. The van der Waals surface area contributed by atoms with Gasteiger partial charge in [0.2, 0.25) is 5.91 Å². The van der Waals surface area contributed by atoms with Crippen LogP contribution in [-0.2, 0) is 4.79 Å². The minimum absolute atomic E-state index is 0.0416. The first-order chi connectivity index (χ1) is 17.4. The molecule has 1 atom stereocenters. The number of halogens is 10. The first kappa shape index (κ1) is 30.0. The number of benzene rings is 2. The van der Waals surface area contributed by atoms with Gasteiger partial charge in [-0.15, -0.1) is 0 Å². The van der Waals surface area contributed by atoms with E-state index in [9.17, 15) is 40.3 Å². The van der Waals surface area contributed by atoms with Gasteiger partial charge in [0.25, 0.3) is 5.91 Å². The maximum absolute atomic E-state index is 15.0. The molecular formula is C24H18Cl3F7N2O2. The van der Waals surface area contributed by atoms with E-state index in [1.165, 1.54) is 6.92 Å². The number of nitrogens with one attached hydrogen (secondary N) is 2. The minimum Gasteiger partial charge on any atom is -0.345 e. The van der Waals surface area contributed by atoms with E-state index in [0.717, 1.165) is 30.3 Å². The summed E-state index contributed by atoms with van der Waals surface area (Å²) in [5.74, 6) is -5.48. The first-order valence-corrected chi connectivity index (χ1v) is 11.9. The molecule has 1 fully saturated rings. The van der Waals surface area contributed by atoms with Crippen LogP contribution in [-0.4, -0.2) is 36.3 Å². The van der Waals surface area contributed by atoms with Crippen molar-refractivity contribution in [3.05, 3.63) is 73.7 Å². The number of carbonyl (C=O) groups excluding carboxylic acids is 2.